The van der Waals surface area contributed by atoms with Gasteiger partial charge in [-0.2, -0.15) is 0 Å². The Labute approximate surface area is 311 Å². The van der Waals surface area contributed by atoms with Crippen LogP contribution in [0, 0.1) is 0 Å². The zero-order valence-electron chi connectivity index (χ0n) is 29.9. The van der Waals surface area contributed by atoms with Crippen molar-refractivity contribution in [3.63, 3.8) is 0 Å². The average Bonchev–Trinajstić information content (AvgIpc) is 3.48. The molecule has 7 rings (SSSR count). The number of H-pyrrole nitrogens is 1. The fourth-order valence-electron chi connectivity index (χ4n) is 7.65. The van der Waals surface area contributed by atoms with Crippen LogP contribution >= 0.6 is 0 Å². The highest BCUT2D eigenvalue weighted by molar-refractivity contribution is 5.94. The maximum Gasteiger partial charge on any atom is 0.419 e. The van der Waals surface area contributed by atoms with Gasteiger partial charge in [0.25, 0.3) is 0 Å². The van der Waals surface area contributed by atoms with Gasteiger partial charge in [-0.1, -0.05) is 54.6 Å². The quantitative estimate of drug-likeness (QED) is 0.0730. The van der Waals surface area contributed by atoms with Gasteiger partial charge in [0, 0.05) is 48.7 Å². The van der Waals surface area contributed by atoms with Crippen molar-refractivity contribution < 1.29 is 24.5 Å². The van der Waals surface area contributed by atoms with E-state index in [-0.39, 0.29) is 35.5 Å². The van der Waals surface area contributed by atoms with Crippen LogP contribution in [0.15, 0.2) is 105 Å². The lowest BCUT2D eigenvalue weighted by Crippen LogP contribution is -2.44. The summed E-state index contributed by atoms with van der Waals surface area (Å²) in [7, 11) is 0. The molecule has 0 saturated heterocycles. The number of nitrogens with zero attached hydrogens (tertiary/aromatic N) is 2. The second-order valence-corrected chi connectivity index (χ2v) is 14.1. The number of anilines is 1. The first-order chi connectivity index (χ1) is 26.2. The Morgan fingerprint density at radius 1 is 0.944 bits per heavy atom. The molecule has 2 heterocycles. The number of nitrogens with two attached hydrogens (primary N) is 1. The fourth-order valence-corrected chi connectivity index (χ4v) is 7.65. The number of carbonyl (C=O) groups is 1. The highest BCUT2D eigenvalue weighted by Gasteiger charge is 2.30. The van der Waals surface area contributed by atoms with E-state index in [1.807, 2.05) is 60.7 Å². The van der Waals surface area contributed by atoms with Crippen molar-refractivity contribution in [2.75, 3.05) is 11.4 Å². The number of aromatic hydroxyl groups is 1. The van der Waals surface area contributed by atoms with E-state index in [2.05, 4.69) is 16.4 Å². The lowest BCUT2D eigenvalue weighted by molar-refractivity contribution is 0.176. The summed E-state index contributed by atoms with van der Waals surface area (Å²) < 4.78 is 7.25. The van der Waals surface area contributed by atoms with Crippen molar-refractivity contribution in [1.29, 1.82) is 0 Å². The Kier molecular flexibility index (Phi) is 11.0. The zero-order valence-corrected chi connectivity index (χ0v) is 29.9. The summed E-state index contributed by atoms with van der Waals surface area (Å²) in [5.74, 6) is -0.497. The first-order valence-electron chi connectivity index (χ1n) is 18.5. The largest absolute Gasteiger partial charge is 0.506 e. The number of aromatic amines is 1. The van der Waals surface area contributed by atoms with Gasteiger partial charge >= 0.3 is 11.8 Å². The minimum absolute atomic E-state index is 0.0681. The predicted molar refractivity (Wildman–Crippen MR) is 209 cm³/mol. The average molecular weight is 732 g/mol. The maximum atomic E-state index is 12.9. The van der Waals surface area contributed by atoms with E-state index in [0.29, 0.717) is 47.2 Å². The number of hydrogen-bond acceptors (Lipinski definition) is 8. The molecule has 0 aliphatic heterocycles. The molecule has 2 aromatic heterocycles. The Hall–Kier alpha value is -5.69. The van der Waals surface area contributed by atoms with Crippen molar-refractivity contribution in [2.24, 2.45) is 5.73 Å². The van der Waals surface area contributed by atoms with Gasteiger partial charge in [-0.15, -0.1) is 0 Å². The maximum absolute atomic E-state index is 12.9. The molecule has 12 heteroatoms. The van der Waals surface area contributed by atoms with E-state index < -0.39 is 18.0 Å². The van der Waals surface area contributed by atoms with Crippen LogP contribution in [0.1, 0.15) is 61.3 Å². The molecule has 7 N–H and O–H groups in total. The van der Waals surface area contributed by atoms with Crippen molar-refractivity contribution >= 4 is 33.8 Å². The van der Waals surface area contributed by atoms with Crippen LogP contribution in [-0.4, -0.2) is 49.6 Å². The van der Waals surface area contributed by atoms with E-state index in [4.69, 9.17) is 10.2 Å². The summed E-state index contributed by atoms with van der Waals surface area (Å²) in [5, 5.41) is 35.3. The second kappa shape index (κ2) is 16.1. The molecule has 1 aliphatic rings. The summed E-state index contributed by atoms with van der Waals surface area (Å²) in [5.41, 5.74) is 12.3. The predicted octanol–water partition coefficient (Wildman–Crippen LogP) is 6.41. The van der Waals surface area contributed by atoms with E-state index in [1.165, 1.54) is 12.1 Å². The number of aryl methyl sites for hydroxylation is 2. The van der Waals surface area contributed by atoms with Crippen LogP contribution in [-0.2, 0) is 19.5 Å². The van der Waals surface area contributed by atoms with E-state index in [0.717, 1.165) is 60.8 Å². The number of phenols is 1. The molecule has 6 aromatic rings. The lowest BCUT2D eigenvalue weighted by atomic mass is 9.89. The summed E-state index contributed by atoms with van der Waals surface area (Å²) in [6, 6.07) is 27.5. The van der Waals surface area contributed by atoms with Gasteiger partial charge in [0.1, 0.15) is 5.75 Å². The molecular weight excluding hydrogens is 686 g/mol. The summed E-state index contributed by atoms with van der Waals surface area (Å²) in [6.07, 6.45) is 3.40. The molecule has 1 amide bonds. The monoisotopic (exact) mass is 731 g/mol. The van der Waals surface area contributed by atoms with Gasteiger partial charge in [-0.25, -0.2) is 9.59 Å². The van der Waals surface area contributed by atoms with Crippen molar-refractivity contribution in [1.82, 2.24) is 14.9 Å². The molecule has 1 fully saturated rings. The summed E-state index contributed by atoms with van der Waals surface area (Å²) in [6.45, 7) is 1.09. The number of benzene rings is 4. The number of carboxylic acid groups (broad SMARTS) is 1. The molecule has 54 heavy (non-hydrogen) atoms. The zero-order chi connectivity index (χ0) is 37.8. The Balaban J connectivity index is 0.987. The number of aliphatic hydroxyl groups excluding tert-OH is 1. The molecular formula is C42H45N5O7. The fraction of sp³-hybridized carbons (Fsp3) is 0.310. The van der Waals surface area contributed by atoms with Gasteiger partial charge < -0.3 is 35.8 Å². The van der Waals surface area contributed by atoms with Crippen LogP contribution in [0.4, 0.5) is 10.5 Å². The molecule has 0 unspecified atom stereocenters. The van der Waals surface area contributed by atoms with Crippen LogP contribution in [0.2, 0.25) is 0 Å². The molecule has 0 bridgehead atoms. The Morgan fingerprint density at radius 3 is 2.50 bits per heavy atom. The molecule has 1 atom stereocenters. The highest BCUT2D eigenvalue weighted by Crippen LogP contribution is 2.36. The van der Waals surface area contributed by atoms with Gasteiger partial charge in [-0.05, 0) is 97.5 Å². The molecule has 4 aromatic carbocycles. The number of hydrogen-bond donors (Lipinski definition) is 6. The van der Waals surface area contributed by atoms with Crippen LogP contribution in [0.3, 0.4) is 0 Å². The smallest absolute Gasteiger partial charge is 0.419 e. The Morgan fingerprint density at radius 2 is 1.72 bits per heavy atom. The van der Waals surface area contributed by atoms with E-state index in [1.54, 1.807) is 21.6 Å². The van der Waals surface area contributed by atoms with Crippen LogP contribution in [0.25, 0.3) is 33.1 Å². The van der Waals surface area contributed by atoms with Crippen molar-refractivity contribution in [2.45, 2.75) is 76.2 Å². The minimum atomic E-state index is -0.963. The molecule has 12 nitrogen and oxygen atoms in total. The Bertz CT molecular complexity index is 2380. The van der Waals surface area contributed by atoms with Gasteiger partial charge in [0.2, 0.25) is 5.56 Å². The molecule has 1 saturated carbocycles. The van der Waals surface area contributed by atoms with Gasteiger partial charge in [0.15, 0.2) is 5.58 Å². The number of amides is 1. The number of phenolic OH excluding ortho intramolecular Hbond substituents is 1. The molecule has 0 radical (unpaired) electrons. The molecule has 1 aliphatic carbocycles. The van der Waals surface area contributed by atoms with Crippen molar-refractivity contribution in [3.05, 3.63) is 129 Å². The number of rotatable bonds is 13. The lowest BCUT2D eigenvalue weighted by Gasteiger charge is -2.35. The van der Waals surface area contributed by atoms with Gasteiger partial charge in [-0.3, -0.25) is 14.3 Å². The third-order valence-electron chi connectivity index (χ3n) is 10.5. The summed E-state index contributed by atoms with van der Waals surface area (Å²) in [4.78, 5) is 41.5. The number of fused-ring (bicyclic) bond motifs is 2. The first-order valence-corrected chi connectivity index (χ1v) is 18.5. The van der Waals surface area contributed by atoms with E-state index >= 15 is 0 Å². The van der Waals surface area contributed by atoms with Crippen LogP contribution in [0.5, 0.6) is 5.75 Å². The number of aliphatic hydroxyl groups is 1. The number of nitrogens with one attached hydrogen (secondary N) is 2. The first kappa shape index (κ1) is 36.7. The number of pyridine rings is 1. The van der Waals surface area contributed by atoms with Crippen LogP contribution < -0.4 is 27.3 Å². The molecule has 0 spiro atoms. The topological polar surface area (TPSA) is 187 Å². The number of aromatic nitrogens is 2. The third-order valence-corrected chi connectivity index (χ3v) is 10.5. The minimum Gasteiger partial charge on any atom is -0.506 e. The third kappa shape index (κ3) is 7.96. The SMILES string of the molecule is N[C@H]1CC[C@H](N(C(=O)O)c2cc(CCCCn3c(=O)oc4cc(CNC[C@H](O)c5ccc(O)c6[nH]c(=O)ccc56)ccc43)ccc2-c2ccccc2)CC1. The second-order valence-electron chi connectivity index (χ2n) is 14.1. The normalized spacial score (nSPS) is 16.5. The van der Waals surface area contributed by atoms with E-state index in [9.17, 15) is 29.7 Å². The molecule has 280 valence electrons. The number of oxazole rings is 1. The summed E-state index contributed by atoms with van der Waals surface area (Å²) >= 11 is 0. The highest BCUT2D eigenvalue weighted by atomic mass is 16.4. The standard InChI is InChI=1S/C42H45N5O7/c43-29-11-13-30(14-12-29)47(41(51)52)35-22-26(9-15-31(35)28-7-2-1-3-8-28)6-4-5-21-46-34-18-10-27(23-38(34)54-42(46)53)24-44-25-37(49)32-16-19-36(48)40-33(32)17-20-39(50)45-40/h1-3,7-10,15-20,22-23,29-30,37,44,48-49H,4-6,11-14,21,24-25,43H2,(H,45,50)(H,51,52)/t29-,30-,37-/m0/s1. The van der Waals surface area contributed by atoms with Gasteiger partial charge in [0.05, 0.1) is 22.8 Å². The van der Waals surface area contributed by atoms with Crippen molar-refractivity contribution in [3.8, 4) is 16.9 Å². The number of unbranched alkanes of at least 4 members (excludes halogenated alkanes) is 1.